The fraction of sp³-hybridized carbons (Fsp3) is 0.387. The van der Waals surface area contributed by atoms with Crippen molar-refractivity contribution in [1.82, 2.24) is 15.2 Å². The number of fused-ring (bicyclic) bond motifs is 5. The lowest BCUT2D eigenvalue weighted by Gasteiger charge is -2.37. The summed E-state index contributed by atoms with van der Waals surface area (Å²) in [5, 5.41) is 8.60. The average Bonchev–Trinajstić information content (AvgIpc) is 3.27. The number of thiophene rings is 1. The third-order valence-corrected chi connectivity index (χ3v) is 8.56. The SMILES string of the molecule is COc1cc(-c2ccc3c(ccc4sc5c(c43)NC[C@@H](C)NC5=O)n2)cc(N2CCN(C(=O)OC(C)(C)C)CC2)c1. The van der Waals surface area contributed by atoms with Crippen molar-refractivity contribution in [3.05, 3.63) is 47.3 Å². The van der Waals surface area contributed by atoms with E-state index in [-0.39, 0.29) is 18.0 Å². The molecule has 1 atom stereocenters. The molecular formula is C31H35N5O4S. The molecule has 0 radical (unpaired) electrons. The number of aromatic nitrogens is 1. The lowest BCUT2D eigenvalue weighted by Crippen LogP contribution is -2.50. The molecular weight excluding hydrogens is 538 g/mol. The van der Waals surface area contributed by atoms with Crippen LogP contribution in [0.5, 0.6) is 5.75 Å². The Morgan fingerprint density at radius 3 is 2.59 bits per heavy atom. The molecule has 1 saturated heterocycles. The number of rotatable bonds is 3. The van der Waals surface area contributed by atoms with Crippen molar-refractivity contribution in [1.29, 1.82) is 0 Å². The first-order chi connectivity index (χ1) is 19.6. The Bertz CT molecular complexity index is 1650. The van der Waals surface area contributed by atoms with E-state index in [0.717, 1.165) is 49.4 Å². The Kier molecular flexibility index (Phi) is 6.89. The molecule has 2 N–H and O–H groups in total. The largest absolute Gasteiger partial charge is 0.497 e. The van der Waals surface area contributed by atoms with Crippen molar-refractivity contribution < 1.29 is 19.1 Å². The molecule has 9 nitrogen and oxygen atoms in total. The number of methoxy groups -OCH3 is 1. The Labute approximate surface area is 243 Å². The van der Waals surface area contributed by atoms with Crippen LogP contribution in [-0.2, 0) is 4.74 Å². The molecule has 2 aromatic carbocycles. The zero-order chi connectivity index (χ0) is 28.9. The molecule has 0 unspecified atom stereocenters. The molecule has 6 rings (SSSR count). The molecule has 2 aromatic heterocycles. The van der Waals surface area contributed by atoms with E-state index in [1.54, 1.807) is 12.0 Å². The quantitative estimate of drug-likeness (QED) is 0.323. The zero-order valence-electron chi connectivity index (χ0n) is 24.0. The van der Waals surface area contributed by atoms with Gasteiger partial charge < -0.3 is 29.9 Å². The van der Waals surface area contributed by atoms with E-state index < -0.39 is 5.60 Å². The van der Waals surface area contributed by atoms with Gasteiger partial charge in [0.25, 0.3) is 5.91 Å². The smallest absolute Gasteiger partial charge is 0.410 e. The molecule has 4 heterocycles. The molecule has 0 bridgehead atoms. The standard InChI is InChI=1S/C31H35N5O4S/c1-18-17-32-27-26-22-6-7-23(34-24(22)8-9-25(26)41-28(27)29(37)33-18)19-14-20(16-21(15-19)39-5)35-10-12-36(13-11-35)30(38)40-31(2,3)4/h6-9,14-16,18,32H,10-13,17H2,1-5H3,(H,33,37)/t18-/m1/s1. The summed E-state index contributed by atoms with van der Waals surface area (Å²) in [6, 6.07) is 14.4. The van der Waals surface area contributed by atoms with Crippen LogP contribution in [0.4, 0.5) is 16.2 Å². The summed E-state index contributed by atoms with van der Waals surface area (Å²) in [5.74, 6) is 0.712. The minimum atomic E-state index is -0.514. The van der Waals surface area contributed by atoms with E-state index in [2.05, 4.69) is 27.7 Å². The van der Waals surface area contributed by atoms with Gasteiger partial charge in [-0.15, -0.1) is 11.3 Å². The summed E-state index contributed by atoms with van der Waals surface area (Å²) in [6.45, 7) is 10.9. The Balaban J connectivity index is 1.30. The number of benzene rings is 2. The van der Waals surface area contributed by atoms with Gasteiger partial charge in [-0.05, 0) is 64.1 Å². The van der Waals surface area contributed by atoms with Crippen LogP contribution in [0.2, 0.25) is 0 Å². The molecule has 41 heavy (non-hydrogen) atoms. The number of pyridine rings is 1. The molecule has 2 aliphatic rings. The van der Waals surface area contributed by atoms with E-state index in [4.69, 9.17) is 14.5 Å². The second kappa shape index (κ2) is 10.4. The van der Waals surface area contributed by atoms with Crippen molar-refractivity contribution >= 4 is 55.7 Å². The molecule has 4 aromatic rings. The van der Waals surface area contributed by atoms with Crippen molar-refractivity contribution in [3.8, 4) is 17.0 Å². The highest BCUT2D eigenvalue weighted by molar-refractivity contribution is 7.21. The molecule has 0 spiro atoms. The van der Waals surface area contributed by atoms with Crippen molar-refractivity contribution in [3.63, 3.8) is 0 Å². The lowest BCUT2D eigenvalue weighted by atomic mass is 10.0. The minimum absolute atomic E-state index is 0.0349. The zero-order valence-corrected chi connectivity index (χ0v) is 24.9. The highest BCUT2D eigenvalue weighted by atomic mass is 32.1. The van der Waals surface area contributed by atoms with Crippen LogP contribution in [0.15, 0.2) is 42.5 Å². The van der Waals surface area contributed by atoms with Gasteiger partial charge in [0.05, 0.1) is 24.0 Å². The number of ether oxygens (including phenoxy) is 2. The molecule has 214 valence electrons. The second-order valence-corrected chi connectivity index (χ2v) is 12.7. The first-order valence-corrected chi connectivity index (χ1v) is 14.7. The van der Waals surface area contributed by atoms with Crippen molar-refractivity contribution in [2.24, 2.45) is 0 Å². The highest BCUT2D eigenvalue weighted by Gasteiger charge is 2.27. The molecule has 1 fully saturated rings. The third kappa shape index (κ3) is 5.36. The maximum Gasteiger partial charge on any atom is 0.410 e. The Morgan fingerprint density at radius 1 is 1.07 bits per heavy atom. The van der Waals surface area contributed by atoms with Gasteiger partial charge in [0.2, 0.25) is 0 Å². The van der Waals surface area contributed by atoms with Crippen LogP contribution < -0.4 is 20.3 Å². The van der Waals surface area contributed by atoms with Crippen LogP contribution in [0, 0.1) is 0 Å². The van der Waals surface area contributed by atoms with Gasteiger partial charge in [0.1, 0.15) is 16.2 Å². The Hall–Kier alpha value is -4.05. The minimum Gasteiger partial charge on any atom is -0.497 e. The Morgan fingerprint density at radius 2 is 1.85 bits per heavy atom. The van der Waals surface area contributed by atoms with Crippen LogP contribution in [0.3, 0.4) is 0 Å². The number of amides is 2. The predicted octanol–water partition coefficient (Wildman–Crippen LogP) is 5.73. The van der Waals surface area contributed by atoms with Gasteiger partial charge in [0.15, 0.2) is 0 Å². The maximum atomic E-state index is 12.8. The molecule has 2 aliphatic heterocycles. The number of carbonyl (C=O) groups is 2. The number of hydrogen-bond acceptors (Lipinski definition) is 8. The van der Waals surface area contributed by atoms with Crippen molar-refractivity contribution in [2.75, 3.05) is 50.1 Å². The molecule has 2 amide bonds. The summed E-state index contributed by atoms with van der Waals surface area (Å²) in [4.78, 5) is 35.1. The number of anilines is 2. The fourth-order valence-corrected chi connectivity index (χ4v) is 6.49. The molecule has 0 aliphatic carbocycles. The van der Waals surface area contributed by atoms with Gasteiger partial charge in [0, 0.05) is 71.6 Å². The van der Waals surface area contributed by atoms with E-state index in [9.17, 15) is 9.59 Å². The normalized spacial score (nSPS) is 17.6. The molecule has 10 heteroatoms. The lowest BCUT2D eigenvalue weighted by molar-refractivity contribution is 0.0240. The number of piperazine rings is 1. The van der Waals surface area contributed by atoms with E-state index in [0.29, 0.717) is 37.6 Å². The van der Waals surface area contributed by atoms with Crippen LogP contribution >= 0.6 is 11.3 Å². The summed E-state index contributed by atoms with van der Waals surface area (Å²) in [6.07, 6.45) is -0.272. The van der Waals surface area contributed by atoms with Gasteiger partial charge in [-0.1, -0.05) is 0 Å². The number of nitrogens with zero attached hydrogens (tertiary/aromatic N) is 3. The summed E-state index contributed by atoms with van der Waals surface area (Å²) in [5.41, 5.74) is 4.05. The van der Waals surface area contributed by atoms with Gasteiger partial charge >= 0.3 is 6.09 Å². The third-order valence-electron chi connectivity index (χ3n) is 7.41. The van der Waals surface area contributed by atoms with Gasteiger partial charge in [-0.3, -0.25) is 4.79 Å². The number of nitrogens with one attached hydrogen (secondary N) is 2. The first-order valence-electron chi connectivity index (χ1n) is 13.9. The summed E-state index contributed by atoms with van der Waals surface area (Å²) in [7, 11) is 1.67. The van der Waals surface area contributed by atoms with Gasteiger partial charge in [-0.2, -0.15) is 0 Å². The second-order valence-electron chi connectivity index (χ2n) is 11.6. The van der Waals surface area contributed by atoms with Gasteiger partial charge in [-0.25, -0.2) is 9.78 Å². The summed E-state index contributed by atoms with van der Waals surface area (Å²) >= 11 is 1.51. The topological polar surface area (TPSA) is 96.0 Å². The summed E-state index contributed by atoms with van der Waals surface area (Å²) < 4.78 is 12.3. The highest BCUT2D eigenvalue weighted by Crippen LogP contribution is 2.41. The monoisotopic (exact) mass is 573 g/mol. The fourth-order valence-electron chi connectivity index (χ4n) is 5.39. The molecule has 0 saturated carbocycles. The van der Waals surface area contributed by atoms with Crippen LogP contribution in [0.1, 0.15) is 37.4 Å². The predicted molar refractivity (Wildman–Crippen MR) is 165 cm³/mol. The van der Waals surface area contributed by atoms with E-state index in [1.807, 2.05) is 58.0 Å². The number of hydrogen-bond donors (Lipinski definition) is 2. The maximum absolute atomic E-state index is 12.8. The van der Waals surface area contributed by atoms with Crippen molar-refractivity contribution in [2.45, 2.75) is 39.3 Å². The number of carbonyl (C=O) groups excluding carboxylic acids is 2. The van der Waals surface area contributed by atoms with Crippen LogP contribution in [0.25, 0.3) is 32.2 Å². The average molecular weight is 574 g/mol. The first kappa shape index (κ1) is 27.1. The van der Waals surface area contributed by atoms with E-state index in [1.165, 1.54) is 11.3 Å². The van der Waals surface area contributed by atoms with E-state index >= 15 is 0 Å². The van der Waals surface area contributed by atoms with Crippen LogP contribution in [-0.4, -0.2) is 73.4 Å².